The summed E-state index contributed by atoms with van der Waals surface area (Å²) >= 11 is 3.41. The van der Waals surface area contributed by atoms with Crippen LogP contribution in [-0.4, -0.2) is 35.3 Å². The zero-order valence-electron chi connectivity index (χ0n) is 9.77. The van der Waals surface area contributed by atoms with Gasteiger partial charge in [-0.25, -0.2) is 9.97 Å². The van der Waals surface area contributed by atoms with Crippen molar-refractivity contribution < 1.29 is 4.74 Å². The first-order valence-electron chi connectivity index (χ1n) is 5.45. The van der Waals surface area contributed by atoms with Crippen LogP contribution in [0.2, 0.25) is 0 Å². The van der Waals surface area contributed by atoms with Crippen molar-refractivity contribution in [1.29, 1.82) is 0 Å². The van der Waals surface area contributed by atoms with Gasteiger partial charge in [-0.15, -0.1) is 0 Å². The molecule has 0 amide bonds. The topological polar surface area (TPSA) is 38.2 Å². The Bertz CT molecular complexity index is 365. The van der Waals surface area contributed by atoms with Gasteiger partial charge in [-0.3, -0.25) is 0 Å². The SMILES string of the molecule is Cc1nc(Br)cc(N2CC(C)OCC2C)n1. The van der Waals surface area contributed by atoms with Gasteiger partial charge in [0.25, 0.3) is 0 Å². The molecule has 2 atom stereocenters. The fourth-order valence-electron chi connectivity index (χ4n) is 1.89. The molecule has 16 heavy (non-hydrogen) atoms. The van der Waals surface area contributed by atoms with Crippen LogP contribution in [0.4, 0.5) is 5.82 Å². The van der Waals surface area contributed by atoms with Gasteiger partial charge in [0, 0.05) is 12.6 Å². The van der Waals surface area contributed by atoms with E-state index in [4.69, 9.17) is 4.74 Å². The van der Waals surface area contributed by atoms with Gasteiger partial charge in [-0.1, -0.05) is 0 Å². The molecule has 2 heterocycles. The van der Waals surface area contributed by atoms with Crippen LogP contribution in [0.5, 0.6) is 0 Å². The smallest absolute Gasteiger partial charge is 0.133 e. The Morgan fingerprint density at radius 3 is 2.88 bits per heavy atom. The van der Waals surface area contributed by atoms with E-state index in [1.807, 2.05) is 13.0 Å². The third-order valence-electron chi connectivity index (χ3n) is 2.70. The number of hydrogen-bond donors (Lipinski definition) is 0. The van der Waals surface area contributed by atoms with Crippen LogP contribution in [0.25, 0.3) is 0 Å². The van der Waals surface area contributed by atoms with Crippen LogP contribution >= 0.6 is 15.9 Å². The van der Waals surface area contributed by atoms with Crippen LogP contribution in [0.3, 0.4) is 0 Å². The van der Waals surface area contributed by atoms with E-state index in [2.05, 4.69) is 44.6 Å². The molecular weight excluding hydrogens is 270 g/mol. The van der Waals surface area contributed by atoms with E-state index in [-0.39, 0.29) is 6.10 Å². The largest absolute Gasteiger partial charge is 0.375 e. The summed E-state index contributed by atoms with van der Waals surface area (Å²) in [5.74, 6) is 1.76. The highest BCUT2D eigenvalue weighted by molar-refractivity contribution is 9.10. The predicted molar refractivity (Wildman–Crippen MR) is 66.7 cm³/mol. The molecule has 4 nitrogen and oxygen atoms in total. The highest BCUT2D eigenvalue weighted by Gasteiger charge is 2.24. The minimum Gasteiger partial charge on any atom is -0.375 e. The summed E-state index contributed by atoms with van der Waals surface area (Å²) in [6, 6.07) is 2.32. The molecule has 2 unspecified atom stereocenters. The van der Waals surface area contributed by atoms with Gasteiger partial charge < -0.3 is 9.64 Å². The van der Waals surface area contributed by atoms with E-state index in [0.29, 0.717) is 6.04 Å². The summed E-state index contributed by atoms with van der Waals surface area (Å²) in [5.41, 5.74) is 0. The average molecular weight is 286 g/mol. The van der Waals surface area contributed by atoms with Crippen molar-refractivity contribution in [2.75, 3.05) is 18.1 Å². The van der Waals surface area contributed by atoms with Gasteiger partial charge in [0.2, 0.25) is 0 Å². The fraction of sp³-hybridized carbons (Fsp3) is 0.636. The monoisotopic (exact) mass is 285 g/mol. The zero-order chi connectivity index (χ0) is 11.7. The summed E-state index contributed by atoms with van der Waals surface area (Å²) in [7, 11) is 0. The van der Waals surface area contributed by atoms with E-state index >= 15 is 0 Å². The van der Waals surface area contributed by atoms with E-state index in [0.717, 1.165) is 29.4 Å². The molecule has 0 N–H and O–H groups in total. The minimum absolute atomic E-state index is 0.255. The zero-order valence-corrected chi connectivity index (χ0v) is 11.4. The summed E-state index contributed by atoms with van der Waals surface area (Å²) in [5, 5.41) is 0. The van der Waals surface area contributed by atoms with E-state index in [1.165, 1.54) is 0 Å². The van der Waals surface area contributed by atoms with Crippen LogP contribution < -0.4 is 4.90 Å². The van der Waals surface area contributed by atoms with Gasteiger partial charge in [0.15, 0.2) is 0 Å². The molecule has 0 radical (unpaired) electrons. The maximum atomic E-state index is 5.61. The first-order chi connectivity index (χ1) is 7.56. The Labute approximate surface area is 104 Å². The van der Waals surface area contributed by atoms with Crippen molar-refractivity contribution in [3.63, 3.8) is 0 Å². The molecule has 5 heteroatoms. The second-order valence-corrected chi connectivity index (χ2v) is 5.05. The van der Waals surface area contributed by atoms with Gasteiger partial charge in [0.1, 0.15) is 16.2 Å². The van der Waals surface area contributed by atoms with Gasteiger partial charge >= 0.3 is 0 Å². The Balaban J connectivity index is 2.27. The van der Waals surface area contributed by atoms with Crippen LogP contribution in [0.1, 0.15) is 19.7 Å². The van der Waals surface area contributed by atoms with Crippen molar-refractivity contribution in [3.05, 3.63) is 16.5 Å². The van der Waals surface area contributed by atoms with Crippen LogP contribution in [-0.2, 0) is 4.74 Å². The summed E-state index contributed by atoms with van der Waals surface area (Å²) < 4.78 is 6.44. The molecule has 0 spiro atoms. The number of nitrogens with zero attached hydrogens (tertiary/aromatic N) is 3. The molecule has 88 valence electrons. The molecule has 1 aromatic rings. The van der Waals surface area contributed by atoms with Crippen molar-refractivity contribution >= 4 is 21.7 Å². The fourth-order valence-corrected chi connectivity index (χ4v) is 2.35. The normalized spacial score (nSPS) is 25.9. The third kappa shape index (κ3) is 2.52. The molecule has 0 bridgehead atoms. The summed E-state index contributed by atoms with van der Waals surface area (Å²) in [6.07, 6.45) is 0.255. The molecule has 1 fully saturated rings. The molecule has 2 rings (SSSR count). The first-order valence-corrected chi connectivity index (χ1v) is 6.25. The number of anilines is 1. The first kappa shape index (κ1) is 11.8. The summed E-state index contributed by atoms with van der Waals surface area (Å²) in [6.45, 7) is 7.77. The molecule has 1 saturated heterocycles. The quantitative estimate of drug-likeness (QED) is 0.742. The Morgan fingerprint density at radius 1 is 1.44 bits per heavy atom. The number of halogens is 1. The van der Waals surface area contributed by atoms with Crippen molar-refractivity contribution in [2.45, 2.75) is 32.9 Å². The van der Waals surface area contributed by atoms with Crippen molar-refractivity contribution in [1.82, 2.24) is 9.97 Å². The van der Waals surface area contributed by atoms with E-state index in [1.54, 1.807) is 0 Å². The highest BCUT2D eigenvalue weighted by Crippen LogP contribution is 2.22. The molecular formula is C11H16BrN3O. The molecule has 1 aromatic heterocycles. The van der Waals surface area contributed by atoms with Gasteiger partial charge in [-0.2, -0.15) is 0 Å². The molecule has 0 aromatic carbocycles. The van der Waals surface area contributed by atoms with Crippen molar-refractivity contribution in [2.24, 2.45) is 0 Å². The van der Waals surface area contributed by atoms with Gasteiger partial charge in [-0.05, 0) is 36.7 Å². The Kier molecular flexibility index (Phi) is 3.44. The molecule has 1 aliphatic rings. The number of aromatic nitrogens is 2. The predicted octanol–water partition coefficient (Wildman–Crippen LogP) is 2.16. The van der Waals surface area contributed by atoms with Crippen molar-refractivity contribution in [3.8, 4) is 0 Å². The standard InChI is InChI=1S/C11H16BrN3O/c1-7-6-16-8(2)5-15(7)11-4-10(12)13-9(3)14-11/h4,7-8H,5-6H2,1-3H3. The van der Waals surface area contributed by atoms with E-state index in [9.17, 15) is 0 Å². The second kappa shape index (κ2) is 4.67. The molecule has 0 aliphatic carbocycles. The Hall–Kier alpha value is -0.680. The van der Waals surface area contributed by atoms with Crippen LogP contribution in [0, 0.1) is 6.92 Å². The lowest BCUT2D eigenvalue weighted by Gasteiger charge is -2.37. The highest BCUT2D eigenvalue weighted by atomic mass is 79.9. The van der Waals surface area contributed by atoms with E-state index < -0.39 is 0 Å². The molecule has 0 saturated carbocycles. The number of aryl methyl sites for hydroxylation is 1. The van der Waals surface area contributed by atoms with Gasteiger partial charge in [0.05, 0.1) is 18.8 Å². The lowest BCUT2D eigenvalue weighted by molar-refractivity contribution is 0.0340. The van der Waals surface area contributed by atoms with Crippen LogP contribution in [0.15, 0.2) is 10.7 Å². The molecule has 1 aliphatic heterocycles. The Morgan fingerprint density at radius 2 is 2.19 bits per heavy atom. The average Bonchev–Trinajstić information content (AvgIpc) is 2.20. The lowest BCUT2D eigenvalue weighted by atomic mass is 10.2. The maximum absolute atomic E-state index is 5.61. The number of ether oxygens (including phenoxy) is 1. The number of hydrogen-bond acceptors (Lipinski definition) is 4. The number of rotatable bonds is 1. The third-order valence-corrected chi connectivity index (χ3v) is 3.10. The maximum Gasteiger partial charge on any atom is 0.133 e. The minimum atomic E-state index is 0.255. The number of morpholine rings is 1. The second-order valence-electron chi connectivity index (χ2n) is 4.24. The summed E-state index contributed by atoms with van der Waals surface area (Å²) in [4.78, 5) is 11.0. The lowest BCUT2D eigenvalue weighted by Crippen LogP contribution is -2.47.